The molecule has 0 saturated carbocycles. The molecule has 1 saturated heterocycles. The third kappa shape index (κ3) is 34.8. The van der Waals surface area contributed by atoms with E-state index in [-0.39, 0.29) is 18.9 Å². The summed E-state index contributed by atoms with van der Waals surface area (Å²) in [5.74, 6) is -0.249. The average molecular weight is 908 g/mol. The number of hydrogen-bond donors (Lipinski definition) is 6. The van der Waals surface area contributed by atoms with Crippen LogP contribution in [0.4, 0.5) is 0 Å². The third-order valence-corrected chi connectivity index (χ3v) is 11.3. The van der Waals surface area contributed by atoms with Crippen LogP contribution in [0.5, 0.6) is 0 Å². The minimum atomic E-state index is -1.59. The first kappa shape index (κ1) is 59.9. The Bertz CT molecular complexity index is 1380. The Labute approximate surface area is 396 Å². The molecule has 7 atom stereocenters. The molecule has 370 valence electrons. The lowest BCUT2D eigenvalue weighted by molar-refractivity contribution is -0.302. The van der Waals surface area contributed by atoms with Crippen molar-refractivity contribution < 1.29 is 39.8 Å². The molecular formula is C56H93NO8. The quantitative estimate of drug-likeness (QED) is 0.0262. The van der Waals surface area contributed by atoms with Gasteiger partial charge in [-0.1, -0.05) is 200 Å². The van der Waals surface area contributed by atoms with Gasteiger partial charge >= 0.3 is 0 Å². The molecule has 1 fully saturated rings. The van der Waals surface area contributed by atoms with E-state index in [1.165, 1.54) is 83.5 Å². The molecule has 0 aromatic carbocycles. The summed E-state index contributed by atoms with van der Waals surface area (Å²) in [6.45, 7) is 3.60. The maximum Gasteiger partial charge on any atom is 0.220 e. The molecule has 1 rings (SSSR count). The fourth-order valence-electron chi connectivity index (χ4n) is 7.28. The van der Waals surface area contributed by atoms with Crippen molar-refractivity contribution >= 4 is 5.91 Å². The van der Waals surface area contributed by atoms with Crippen molar-refractivity contribution in [2.75, 3.05) is 13.2 Å². The number of amides is 1. The lowest BCUT2D eigenvalue weighted by Gasteiger charge is -2.40. The fourth-order valence-corrected chi connectivity index (χ4v) is 7.28. The molecule has 0 bridgehead atoms. The molecule has 6 N–H and O–H groups in total. The normalized spacial score (nSPS) is 20.9. The lowest BCUT2D eigenvalue weighted by atomic mass is 9.99. The summed E-state index contributed by atoms with van der Waals surface area (Å²) < 4.78 is 11.2. The van der Waals surface area contributed by atoms with Crippen LogP contribution in [0.2, 0.25) is 0 Å². The highest BCUT2D eigenvalue weighted by Gasteiger charge is 2.44. The van der Waals surface area contributed by atoms with Gasteiger partial charge in [0.2, 0.25) is 5.91 Å². The van der Waals surface area contributed by atoms with E-state index >= 15 is 0 Å². The molecule has 9 heteroatoms. The molecule has 0 aliphatic carbocycles. The summed E-state index contributed by atoms with van der Waals surface area (Å²) in [5, 5.41) is 54.3. The number of aliphatic hydroxyl groups is 5. The lowest BCUT2D eigenvalue weighted by Crippen LogP contribution is -2.60. The molecule has 1 aliphatic heterocycles. The van der Waals surface area contributed by atoms with Gasteiger partial charge in [0, 0.05) is 6.42 Å². The van der Waals surface area contributed by atoms with E-state index < -0.39 is 49.5 Å². The predicted molar refractivity (Wildman–Crippen MR) is 271 cm³/mol. The zero-order valence-electron chi connectivity index (χ0n) is 40.7. The van der Waals surface area contributed by atoms with Crippen LogP contribution in [-0.4, -0.2) is 87.5 Å². The minimum Gasteiger partial charge on any atom is -0.394 e. The van der Waals surface area contributed by atoms with Crippen molar-refractivity contribution in [3.63, 3.8) is 0 Å². The molecule has 0 radical (unpaired) electrons. The Hall–Kier alpha value is -3.15. The van der Waals surface area contributed by atoms with Gasteiger partial charge < -0.3 is 40.3 Å². The van der Waals surface area contributed by atoms with Gasteiger partial charge in [0.05, 0.1) is 25.4 Å². The zero-order valence-corrected chi connectivity index (χ0v) is 40.7. The number of hydrogen-bond acceptors (Lipinski definition) is 8. The predicted octanol–water partition coefficient (Wildman–Crippen LogP) is 11.8. The third-order valence-electron chi connectivity index (χ3n) is 11.3. The molecule has 1 amide bonds. The van der Waals surface area contributed by atoms with Gasteiger partial charge in [0.1, 0.15) is 24.4 Å². The summed E-state index contributed by atoms with van der Waals surface area (Å²) in [4.78, 5) is 13.0. The Kier molecular flexibility index (Phi) is 41.1. The number of carbonyl (C=O) groups is 1. The summed E-state index contributed by atoms with van der Waals surface area (Å²) in [6, 6.07) is -0.860. The van der Waals surface area contributed by atoms with Crippen molar-refractivity contribution in [2.24, 2.45) is 0 Å². The monoisotopic (exact) mass is 908 g/mol. The van der Waals surface area contributed by atoms with Crippen LogP contribution in [0.15, 0.2) is 109 Å². The zero-order chi connectivity index (χ0) is 47.3. The number of allylic oxidation sites excluding steroid dienone is 17. The Morgan fingerprint density at radius 3 is 1.48 bits per heavy atom. The molecular weight excluding hydrogens is 815 g/mol. The Morgan fingerprint density at radius 2 is 0.969 bits per heavy atom. The van der Waals surface area contributed by atoms with Gasteiger partial charge in [-0.3, -0.25) is 4.79 Å². The van der Waals surface area contributed by atoms with E-state index in [9.17, 15) is 30.3 Å². The highest BCUT2D eigenvalue weighted by Crippen LogP contribution is 2.22. The van der Waals surface area contributed by atoms with Crippen molar-refractivity contribution in [3.8, 4) is 0 Å². The van der Waals surface area contributed by atoms with Gasteiger partial charge in [0.15, 0.2) is 6.29 Å². The Morgan fingerprint density at radius 1 is 0.538 bits per heavy atom. The summed E-state index contributed by atoms with van der Waals surface area (Å²) in [5.41, 5.74) is 0. The summed E-state index contributed by atoms with van der Waals surface area (Å²) in [6.07, 6.45) is 58.5. The molecule has 0 aromatic heterocycles. The van der Waals surface area contributed by atoms with E-state index in [4.69, 9.17) is 9.47 Å². The van der Waals surface area contributed by atoms with Crippen molar-refractivity contribution in [2.45, 2.75) is 224 Å². The topological polar surface area (TPSA) is 149 Å². The van der Waals surface area contributed by atoms with Crippen LogP contribution in [0.25, 0.3) is 0 Å². The number of rotatable bonds is 41. The second kappa shape index (κ2) is 44.7. The molecule has 7 unspecified atom stereocenters. The SMILES string of the molecule is CC/C=C\C/C=C\C/C=C\C/C=C\C/C=C\C/C=C\C/C=C\CCCC(=O)NC(COC1OC(CO)C(O)C(O)C1O)C(O)/C=C/CC/C=C/CCCCCCCCCCCCCCC. The van der Waals surface area contributed by atoms with E-state index in [1.807, 2.05) is 6.08 Å². The first-order valence-electron chi connectivity index (χ1n) is 25.6. The van der Waals surface area contributed by atoms with E-state index in [0.29, 0.717) is 6.42 Å². The van der Waals surface area contributed by atoms with Crippen molar-refractivity contribution in [1.82, 2.24) is 5.32 Å². The summed E-state index contributed by atoms with van der Waals surface area (Å²) >= 11 is 0. The number of nitrogens with one attached hydrogen (secondary N) is 1. The molecule has 0 aromatic rings. The van der Waals surface area contributed by atoms with Crippen molar-refractivity contribution in [1.29, 1.82) is 0 Å². The first-order chi connectivity index (χ1) is 31.8. The van der Waals surface area contributed by atoms with Crippen LogP contribution >= 0.6 is 0 Å². The average Bonchev–Trinajstić information content (AvgIpc) is 3.31. The van der Waals surface area contributed by atoms with Crippen LogP contribution in [0.1, 0.15) is 181 Å². The number of aliphatic hydroxyl groups excluding tert-OH is 5. The van der Waals surface area contributed by atoms with Crippen molar-refractivity contribution in [3.05, 3.63) is 109 Å². The van der Waals surface area contributed by atoms with Gasteiger partial charge in [-0.2, -0.15) is 0 Å². The second-order valence-electron chi connectivity index (χ2n) is 17.2. The maximum absolute atomic E-state index is 13.0. The highest BCUT2D eigenvalue weighted by atomic mass is 16.7. The van der Waals surface area contributed by atoms with Crippen LogP contribution in [-0.2, 0) is 14.3 Å². The smallest absolute Gasteiger partial charge is 0.220 e. The standard InChI is InChI=1S/C56H93NO8/c1-3-5-7-9-11-13-15-17-19-21-23-24-25-26-28-30-32-34-36-38-40-42-44-46-52(60)57-49(48-64-56-55(63)54(62)53(61)51(47-58)65-56)50(59)45-43-41-39-37-35-33-31-29-27-22-20-18-16-14-12-10-8-6-4-2/h5,7,11,13,17,19,23-24,26,28,32,34-35,37-38,40,43,45,49-51,53-56,58-59,61-63H,3-4,6,8-10,12,14-16,18,20-22,25,27,29-31,33,36,39,41-42,44,46-48H2,1-2H3,(H,57,60)/b7-5-,13-11-,19-17-,24-23-,28-26-,34-32-,37-35+,40-38-,45-43+. The van der Waals surface area contributed by atoms with Crippen LogP contribution < -0.4 is 5.32 Å². The highest BCUT2D eigenvalue weighted by molar-refractivity contribution is 5.76. The molecule has 0 spiro atoms. The molecule has 1 heterocycles. The van der Waals surface area contributed by atoms with Gasteiger partial charge in [-0.25, -0.2) is 0 Å². The minimum absolute atomic E-state index is 0.231. The van der Waals surface area contributed by atoms with E-state index in [2.05, 4.69) is 116 Å². The molecule has 65 heavy (non-hydrogen) atoms. The van der Waals surface area contributed by atoms with Crippen LogP contribution in [0.3, 0.4) is 0 Å². The van der Waals surface area contributed by atoms with Gasteiger partial charge in [0.25, 0.3) is 0 Å². The van der Waals surface area contributed by atoms with Gasteiger partial charge in [-0.15, -0.1) is 0 Å². The fraction of sp³-hybridized carbons (Fsp3) is 0.661. The largest absolute Gasteiger partial charge is 0.394 e. The first-order valence-corrected chi connectivity index (χ1v) is 25.6. The van der Waals surface area contributed by atoms with Gasteiger partial charge in [-0.05, 0) is 83.5 Å². The maximum atomic E-state index is 13.0. The second-order valence-corrected chi connectivity index (χ2v) is 17.2. The van der Waals surface area contributed by atoms with E-state index in [0.717, 1.165) is 70.6 Å². The number of unbranched alkanes of at least 4 members (excludes halogenated alkanes) is 15. The van der Waals surface area contributed by atoms with E-state index in [1.54, 1.807) is 6.08 Å². The Balaban J connectivity index is 2.39. The molecule has 9 nitrogen and oxygen atoms in total. The molecule has 1 aliphatic rings. The number of carbonyl (C=O) groups excluding carboxylic acids is 1. The van der Waals surface area contributed by atoms with Crippen LogP contribution in [0, 0.1) is 0 Å². The summed E-state index contributed by atoms with van der Waals surface area (Å²) in [7, 11) is 0. The number of ether oxygens (including phenoxy) is 2.